The lowest BCUT2D eigenvalue weighted by Gasteiger charge is -2.23. The molecular formula is C18H19O4P. The van der Waals surface area contributed by atoms with Crippen LogP contribution < -0.4 is 4.52 Å². The van der Waals surface area contributed by atoms with E-state index in [2.05, 4.69) is 0 Å². The summed E-state index contributed by atoms with van der Waals surface area (Å²) in [5, 5.41) is 0. The van der Waals surface area contributed by atoms with Crippen LogP contribution in [0.5, 0.6) is 5.75 Å². The van der Waals surface area contributed by atoms with Crippen LogP contribution in [0.15, 0.2) is 78.3 Å². The lowest BCUT2D eigenvalue weighted by Crippen LogP contribution is -2.04. The molecule has 0 unspecified atom stereocenters. The van der Waals surface area contributed by atoms with Crippen molar-refractivity contribution in [3.63, 3.8) is 0 Å². The van der Waals surface area contributed by atoms with Crippen molar-refractivity contribution in [1.82, 2.24) is 0 Å². The topological polar surface area (TPSA) is 44.8 Å². The molecule has 0 saturated heterocycles. The van der Waals surface area contributed by atoms with Crippen molar-refractivity contribution in [2.45, 2.75) is 25.7 Å². The number of allylic oxidation sites excluding steroid dienone is 8. The highest BCUT2D eigenvalue weighted by Gasteiger charge is 2.34. The smallest absolute Gasteiger partial charge is 0.390 e. The minimum Gasteiger partial charge on any atom is -0.390 e. The molecule has 1 aromatic carbocycles. The Morgan fingerprint density at radius 1 is 0.783 bits per heavy atom. The van der Waals surface area contributed by atoms with Crippen LogP contribution in [0.2, 0.25) is 0 Å². The highest BCUT2D eigenvalue weighted by molar-refractivity contribution is 7.49. The van der Waals surface area contributed by atoms with E-state index in [-0.39, 0.29) is 0 Å². The Hall–Kier alpha value is -2.19. The Kier molecular flexibility index (Phi) is 5.04. The van der Waals surface area contributed by atoms with E-state index in [1.807, 2.05) is 42.5 Å². The maximum Gasteiger partial charge on any atom is 0.646 e. The third-order valence-corrected chi connectivity index (χ3v) is 4.72. The van der Waals surface area contributed by atoms with Gasteiger partial charge >= 0.3 is 7.82 Å². The Bertz CT molecular complexity index is 663. The number of hydrogen-bond acceptors (Lipinski definition) is 4. The van der Waals surface area contributed by atoms with Gasteiger partial charge in [-0.3, -0.25) is 0 Å². The molecule has 23 heavy (non-hydrogen) atoms. The van der Waals surface area contributed by atoms with Crippen molar-refractivity contribution in [1.29, 1.82) is 0 Å². The molecule has 0 atom stereocenters. The fourth-order valence-corrected chi connectivity index (χ4v) is 3.64. The van der Waals surface area contributed by atoms with Crippen molar-refractivity contribution in [2.75, 3.05) is 0 Å². The Labute approximate surface area is 136 Å². The molecule has 0 aromatic heterocycles. The van der Waals surface area contributed by atoms with Gasteiger partial charge in [0, 0.05) is 12.8 Å². The van der Waals surface area contributed by atoms with E-state index in [0.717, 1.165) is 12.8 Å². The zero-order valence-electron chi connectivity index (χ0n) is 12.8. The molecule has 0 bridgehead atoms. The molecule has 0 spiro atoms. The summed E-state index contributed by atoms with van der Waals surface area (Å²) in [7, 11) is -3.78. The molecule has 3 rings (SSSR count). The molecule has 0 N–H and O–H groups in total. The largest absolute Gasteiger partial charge is 0.646 e. The van der Waals surface area contributed by atoms with E-state index in [1.54, 1.807) is 24.3 Å². The van der Waals surface area contributed by atoms with E-state index < -0.39 is 7.82 Å². The van der Waals surface area contributed by atoms with Crippen LogP contribution in [0.4, 0.5) is 0 Å². The summed E-state index contributed by atoms with van der Waals surface area (Å²) in [6.45, 7) is 0. The molecule has 0 radical (unpaired) electrons. The second kappa shape index (κ2) is 7.38. The molecule has 4 nitrogen and oxygen atoms in total. The Morgan fingerprint density at radius 2 is 1.35 bits per heavy atom. The third kappa shape index (κ3) is 4.64. The number of para-hydroxylation sites is 1. The van der Waals surface area contributed by atoms with Gasteiger partial charge in [-0.05, 0) is 37.1 Å². The first-order valence-corrected chi connectivity index (χ1v) is 9.15. The average molecular weight is 330 g/mol. The monoisotopic (exact) mass is 330 g/mol. The van der Waals surface area contributed by atoms with Crippen molar-refractivity contribution in [3.05, 3.63) is 78.3 Å². The molecule has 0 saturated carbocycles. The van der Waals surface area contributed by atoms with Gasteiger partial charge in [-0.1, -0.05) is 42.5 Å². The lowest BCUT2D eigenvalue weighted by atomic mass is 10.2. The maximum absolute atomic E-state index is 13.1. The normalized spacial score (nSPS) is 17.2. The summed E-state index contributed by atoms with van der Waals surface area (Å²) < 4.78 is 30.0. The van der Waals surface area contributed by atoms with Crippen molar-refractivity contribution >= 4 is 7.82 Å². The summed E-state index contributed by atoms with van der Waals surface area (Å²) in [5.74, 6) is 1.67. The highest BCUT2D eigenvalue weighted by atomic mass is 31.2. The summed E-state index contributed by atoms with van der Waals surface area (Å²) in [6, 6.07) is 8.94. The van der Waals surface area contributed by atoms with E-state index in [9.17, 15) is 4.57 Å². The van der Waals surface area contributed by atoms with Crippen LogP contribution in [0.1, 0.15) is 25.7 Å². The van der Waals surface area contributed by atoms with Gasteiger partial charge in [0.2, 0.25) is 0 Å². The minimum absolute atomic E-state index is 0.453. The van der Waals surface area contributed by atoms with Crippen LogP contribution in [-0.4, -0.2) is 0 Å². The standard InChI is InChI=1S/C18H19O4P/c19-23(20-16-10-4-1-5-11-16,21-17-12-6-2-7-13-17)22-18-14-8-3-9-15-18/h1-6,8,10-12,14H,7,9,13,15H2. The molecule has 120 valence electrons. The van der Waals surface area contributed by atoms with Crippen LogP contribution in [0.3, 0.4) is 0 Å². The van der Waals surface area contributed by atoms with Gasteiger partial charge in [0.1, 0.15) is 17.3 Å². The van der Waals surface area contributed by atoms with Crippen molar-refractivity contribution in [2.24, 2.45) is 0 Å². The number of rotatable bonds is 6. The number of phosphoric acid groups is 1. The van der Waals surface area contributed by atoms with Crippen molar-refractivity contribution < 1.29 is 18.1 Å². The van der Waals surface area contributed by atoms with Gasteiger partial charge in [-0.2, -0.15) is 4.57 Å². The summed E-state index contributed by atoms with van der Waals surface area (Å²) in [6.07, 6.45) is 14.5. The summed E-state index contributed by atoms with van der Waals surface area (Å²) >= 11 is 0. The molecule has 0 aliphatic heterocycles. The molecule has 0 fully saturated rings. The maximum atomic E-state index is 13.1. The summed E-state index contributed by atoms with van der Waals surface area (Å²) in [5.41, 5.74) is 0. The van der Waals surface area contributed by atoms with Crippen molar-refractivity contribution in [3.8, 4) is 5.75 Å². The quantitative estimate of drug-likeness (QED) is 0.630. The fourth-order valence-electron chi connectivity index (χ4n) is 2.27. The van der Waals surface area contributed by atoms with Gasteiger partial charge in [0.15, 0.2) is 0 Å². The van der Waals surface area contributed by atoms with Crippen LogP contribution in [0, 0.1) is 0 Å². The number of hydrogen-bond donors (Lipinski definition) is 0. The van der Waals surface area contributed by atoms with Crippen LogP contribution >= 0.6 is 7.82 Å². The predicted molar refractivity (Wildman–Crippen MR) is 89.8 cm³/mol. The molecule has 1 aromatic rings. The van der Waals surface area contributed by atoms with Gasteiger partial charge in [0.05, 0.1) is 0 Å². The third-order valence-electron chi connectivity index (χ3n) is 3.37. The zero-order valence-corrected chi connectivity index (χ0v) is 13.7. The second-order valence-electron chi connectivity index (χ2n) is 5.23. The molecule has 2 aliphatic carbocycles. The fraction of sp³-hybridized carbons (Fsp3) is 0.222. The first kappa shape index (κ1) is 15.7. The van der Waals surface area contributed by atoms with Gasteiger partial charge in [-0.25, -0.2) is 0 Å². The first-order valence-electron chi connectivity index (χ1n) is 7.69. The van der Waals surface area contributed by atoms with E-state index in [1.165, 1.54) is 0 Å². The van der Waals surface area contributed by atoms with E-state index >= 15 is 0 Å². The Morgan fingerprint density at radius 3 is 1.83 bits per heavy atom. The Balaban J connectivity index is 1.80. The lowest BCUT2D eigenvalue weighted by molar-refractivity contribution is 0.213. The molecule has 0 heterocycles. The van der Waals surface area contributed by atoms with Gasteiger partial charge in [-0.15, -0.1) is 0 Å². The van der Waals surface area contributed by atoms with E-state index in [0.29, 0.717) is 30.1 Å². The predicted octanol–water partition coefficient (Wildman–Crippen LogP) is 5.67. The summed E-state index contributed by atoms with van der Waals surface area (Å²) in [4.78, 5) is 0. The number of benzene rings is 1. The molecule has 0 amide bonds. The first-order chi connectivity index (χ1) is 11.2. The second-order valence-corrected chi connectivity index (χ2v) is 6.68. The van der Waals surface area contributed by atoms with Crippen LogP contribution in [0.25, 0.3) is 0 Å². The van der Waals surface area contributed by atoms with E-state index in [4.69, 9.17) is 13.6 Å². The highest BCUT2D eigenvalue weighted by Crippen LogP contribution is 2.54. The van der Waals surface area contributed by atoms with Gasteiger partial charge in [0.25, 0.3) is 0 Å². The SMILES string of the molecule is O=P(OC1=CC=CCC1)(OC1=CC=CCC1)Oc1ccccc1. The molecule has 5 heteroatoms. The van der Waals surface area contributed by atoms with Gasteiger partial charge < -0.3 is 13.6 Å². The molecular weight excluding hydrogens is 311 g/mol. The van der Waals surface area contributed by atoms with Crippen LogP contribution in [-0.2, 0) is 13.6 Å². The molecule has 2 aliphatic rings. The average Bonchev–Trinajstić information content (AvgIpc) is 2.57. The zero-order chi connectivity index (χ0) is 16.0. The number of phosphoric ester groups is 1. The minimum atomic E-state index is -3.78.